The van der Waals surface area contributed by atoms with E-state index in [9.17, 15) is 9.59 Å². The zero-order valence-electron chi connectivity index (χ0n) is 8.90. The Balaban J connectivity index is 2.15. The molecule has 0 aromatic heterocycles. The molecule has 1 atom stereocenters. The van der Waals surface area contributed by atoms with E-state index in [0.29, 0.717) is 13.0 Å². The minimum atomic E-state index is -0.335. The topological polar surface area (TPSA) is 72.2 Å². The van der Waals surface area contributed by atoms with Crippen molar-refractivity contribution >= 4 is 11.8 Å². The minimum Gasteiger partial charge on any atom is -0.369 e. The third kappa shape index (κ3) is 2.39. The van der Waals surface area contributed by atoms with Gasteiger partial charge in [0.2, 0.25) is 11.8 Å². The Kier molecular flexibility index (Phi) is 2.90. The Morgan fingerprint density at radius 1 is 1.50 bits per heavy atom. The lowest BCUT2D eigenvalue weighted by atomic mass is 9.96. The van der Waals surface area contributed by atoms with Crippen LogP contribution in [0.4, 0.5) is 0 Å². The number of primary amides is 1. The molecular weight excluding hydrogens is 204 g/mol. The van der Waals surface area contributed by atoms with Crippen LogP contribution in [-0.2, 0) is 16.0 Å². The van der Waals surface area contributed by atoms with Crippen molar-refractivity contribution < 1.29 is 9.59 Å². The van der Waals surface area contributed by atoms with Gasteiger partial charge in [-0.1, -0.05) is 24.3 Å². The summed E-state index contributed by atoms with van der Waals surface area (Å²) in [5, 5.41) is 2.80. The van der Waals surface area contributed by atoms with E-state index in [1.807, 2.05) is 24.3 Å². The molecule has 0 aliphatic carbocycles. The molecule has 4 nitrogen and oxygen atoms in total. The molecule has 3 N–H and O–H groups in total. The van der Waals surface area contributed by atoms with Gasteiger partial charge in [0.1, 0.15) is 0 Å². The summed E-state index contributed by atoms with van der Waals surface area (Å²) in [5.41, 5.74) is 7.15. The summed E-state index contributed by atoms with van der Waals surface area (Å²) in [6.07, 6.45) is 0.780. The summed E-state index contributed by atoms with van der Waals surface area (Å²) in [7, 11) is 0. The van der Waals surface area contributed by atoms with Gasteiger partial charge in [-0.15, -0.1) is 0 Å². The maximum absolute atomic E-state index is 11.1. The van der Waals surface area contributed by atoms with Crippen molar-refractivity contribution in [1.82, 2.24) is 5.32 Å². The van der Waals surface area contributed by atoms with Gasteiger partial charge in [0.15, 0.2) is 0 Å². The highest BCUT2D eigenvalue weighted by atomic mass is 16.2. The first-order valence-corrected chi connectivity index (χ1v) is 5.29. The van der Waals surface area contributed by atoms with E-state index in [0.717, 1.165) is 11.1 Å². The maximum Gasteiger partial charge on any atom is 0.221 e. The molecule has 1 aromatic carbocycles. The van der Waals surface area contributed by atoms with E-state index in [1.54, 1.807) is 0 Å². The van der Waals surface area contributed by atoms with Gasteiger partial charge in [-0.2, -0.15) is 0 Å². The van der Waals surface area contributed by atoms with Crippen molar-refractivity contribution in [3.05, 3.63) is 35.4 Å². The predicted octanol–water partition coefficient (Wildman–Crippen LogP) is 0.318. The van der Waals surface area contributed by atoms with Crippen LogP contribution in [-0.4, -0.2) is 18.4 Å². The minimum absolute atomic E-state index is 0.0882. The molecule has 0 bridgehead atoms. The molecule has 2 rings (SSSR count). The van der Waals surface area contributed by atoms with Crippen LogP contribution in [0.1, 0.15) is 23.5 Å². The molecule has 0 radical (unpaired) electrons. The van der Waals surface area contributed by atoms with E-state index >= 15 is 0 Å². The molecule has 1 unspecified atom stereocenters. The van der Waals surface area contributed by atoms with E-state index in [2.05, 4.69) is 5.32 Å². The molecule has 1 aliphatic heterocycles. The van der Waals surface area contributed by atoms with E-state index < -0.39 is 0 Å². The van der Waals surface area contributed by atoms with Gasteiger partial charge in [-0.3, -0.25) is 9.59 Å². The summed E-state index contributed by atoms with van der Waals surface area (Å²) in [5.74, 6) is -0.0246. The summed E-state index contributed by atoms with van der Waals surface area (Å²) in [4.78, 5) is 21.9. The Hall–Kier alpha value is -1.84. The van der Waals surface area contributed by atoms with Crippen molar-refractivity contribution in [2.24, 2.45) is 5.73 Å². The molecule has 2 amide bonds. The van der Waals surface area contributed by atoms with Gasteiger partial charge in [-0.05, 0) is 11.1 Å². The number of amides is 2. The second-order valence-corrected chi connectivity index (χ2v) is 4.09. The van der Waals surface area contributed by atoms with Crippen LogP contribution in [0, 0.1) is 0 Å². The van der Waals surface area contributed by atoms with Crippen LogP contribution in [0.3, 0.4) is 0 Å². The lowest BCUT2D eigenvalue weighted by Crippen LogP contribution is -2.14. The van der Waals surface area contributed by atoms with Crippen molar-refractivity contribution in [3.63, 3.8) is 0 Å². The fraction of sp³-hybridized carbons (Fsp3) is 0.333. The SMILES string of the molecule is NC(=O)Cc1cccc(C2CNC(=O)C2)c1. The molecule has 1 fully saturated rings. The summed E-state index contributed by atoms with van der Waals surface area (Å²) >= 11 is 0. The maximum atomic E-state index is 11.1. The first kappa shape index (κ1) is 10.7. The second-order valence-electron chi connectivity index (χ2n) is 4.09. The van der Waals surface area contributed by atoms with Crippen molar-refractivity contribution in [3.8, 4) is 0 Å². The Bertz CT molecular complexity index is 429. The first-order chi connectivity index (χ1) is 7.65. The normalized spacial score (nSPS) is 19.5. The van der Waals surface area contributed by atoms with Gasteiger partial charge in [0, 0.05) is 18.9 Å². The van der Waals surface area contributed by atoms with Crippen LogP contribution in [0.2, 0.25) is 0 Å². The smallest absolute Gasteiger partial charge is 0.221 e. The van der Waals surface area contributed by atoms with Crippen LogP contribution < -0.4 is 11.1 Å². The van der Waals surface area contributed by atoms with E-state index in [1.165, 1.54) is 0 Å². The third-order valence-corrected chi connectivity index (χ3v) is 2.78. The molecular formula is C12H14N2O2. The highest BCUT2D eigenvalue weighted by Crippen LogP contribution is 2.23. The Morgan fingerprint density at radius 2 is 2.31 bits per heavy atom. The molecule has 16 heavy (non-hydrogen) atoms. The molecule has 1 saturated heterocycles. The Morgan fingerprint density at radius 3 is 2.94 bits per heavy atom. The first-order valence-electron chi connectivity index (χ1n) is 5.29. The molecule has 0 spiro atoms. The van der Waals surface area contributed by atoms with Gasteiger partial charge < -0.3 is 11.1 Å². The standard InChI is InChI=1S/C12H14N2O2/c13-11(15)5-8-2-1-3-9(4-8)10-6-12(16)14-7-10/h1-4,10H,5-7H2,(H2,13,15)(H,14,16). The van der Waals surface area contributed by atoms with Gasteiger partial charge in [-0.25, -0.2) is 0 Å². The average Bonchev–Trinajstić information content (AvgIpc) is 2.64. The number of hydrogen-bond acceptors (Lipinski definition) is 2. The highest BCUT2D eigenvalue weighted by Gasteiger charge is 2.22. The van der Waals surface area contributed by atoms with Crippen molar-refractivity contribution in [2.75, 3.05) is 6.54 Å². The quantitative estimate of drug-likeness (QED) is 0.766. The van der Waals surface area contributed by atoms with Crippen LogP contribution in [0.25, 0.3) is 0 Å². The molecule has 1 heterocycles. The second kappa shape index (κ2) is 4.35. The monoisotopic (exact) mass is 218 g/mol. The van der Waals surface area contributed by atoms with E-state index in [4.69, 9.17) is 5.73 Å². The fourth-order valence-corrected chi connectivity index (χ4v) is 2.00. The van der Waals surface area contributed by atoms with Crippen molar-refractivity contribution in [2.45, 2.75) is 18.8 Å². The lowest BCUT2D eigenvalue weighted by Gasteiger charge is -2.08. The van der Waals surface area contributed by atoms with Crippen LogP contribution in [0.15, 0.2) is 24.3 Å². The molecule has 84 valence electrons. The van der Waals surface area contributed by atoms with E-state index in [-0.39, 0.29) is 24.2 Å². The molecule has 4 heteroatoms. The van der Waals surface area contributed by atoms with Crippen LogP contribution >= 0.6 is 0 Å². The number of benzene rings is 1. The van der Waals surface area contributed by atoms with Crippen LogP contribution in [0.5, 0.6) is 0 Å². The average molecular weight is 218 g/mol. The molecule has 0 saturated carbocycles. The number of carbonyl (C=O) groups excluding carboxylic acids is 2. The van der Waals surface area contributed by atoms with Gasteiger partial charge in [0.05, 0.1) is 6.42 Å². The highest BCUT2D eigenvalue weighted by molar-refractivity contribution is 5.79. The largest absolute Gasteiger partial charge is 0.369 e. The number of rotatable bonds is 3. The summed E-state index contributed by atoms with van der Waals surface area (Å²) < 4.78 is 0. The van der Waals surface area contributed by atoms with Gasteiger partial charge in [0.25, 0.3) is 0 Å². The summed E-state index contributed by atoms with van der Waals surface area (Å²) in [6.45, 7) is 0.679. The number of hydrogen-bond donors (Lipinski definition) is 2. The number of nitrogens with one attached hydrogen (secondary N) is 1. The number of carbonyl (C=O) groups is 2. The third-order valence-electron chi connectivity index (χ3n) is 2.78. The zero-order chi connectivity index (χ0) is 11.5. The summed E-state index contributed by atoms with van der Waals surface area (Å²) in [6, 6.07) is 7.71. The van der Waals surface area contributed by atoms with Crippen molar-refractivity contribution in [1.29, 1.82) is 0 Å². The fourth-order valence-electron chi connectivity index (χ4n) is 2.00. The predicted molar refractivity (Wildman–Crippen MR) is 59.7 cm³/mol. The molecule has 1 aliphatic rings. The number of nitrogens with two attached hydrogens (primary N) is 1. The lowest BCUT2D eigenvalue weighted by molar-refractivity contribution is -0.119. The Labute approximate surface area is 93.8 Å². The zero-order valence-corrected chi connectivity index (χ0v) is 8.90. The van der Waals surface area contributed by atoms with Gasteiger partial charge >= 0.3 is 0 Å². The molecule has 1 aromatic rings.